The molecule has 3 N–H and O–H groups in total. The molecule has 0 aromatic heterocycles. The summed E-state index contributed by atoms with van der Waals surface area (Å²) in [5, 5.41) is 17.0. The summed E-state index contributed by atoms with van der Waals surface area (Å²) in [7, 11) is 0. The predicted molar refractivity (Wildman–Crippen MR) is 114 cm³/mol. The van der Waals surface area contributed by atoms with E-state index < -0.39 is 0 Å². The number of aliphatic imine (C=N–C) groups is 1. The van der Waals surface area contributed by atoms with Crippen LogP contribution in [0.4, 0.5) is 0 Å². The second kappa shape index (κ2) is 14.6. The molecule has 138 valence electrons. The van der Waals surface area contributed by atoms with Crippen LogP contribution in [-0.2, 0) is 0 Å². The number of halogens is 1. The summed E-state index contributed by atoms with van der Waals surface area (Å²) >= 11 is 1.99. The van der Waals surface area contributed by atoms with Gasteiger partial charge in [0.05, 0.1) is 0 Å². The first kappa shape index (κ1) is 23.3. The van der Waals surface area contributed by atoms with E-state index in [4.69, 9.17) is 10.1 Å². The lowest BCUT2D eigenvalue weighted by Crippen LogP contribution is -2.45. The van der Waals surface area contributed by atoms with Crippen LogP contribution in [0.1, 0.15) is 58.8 Å². The van der Waals surface area contributed by atoms with E-state index in [9.17, 15) is 0 Å². The number of hydrogen-bond donors (Lipinski definition) is 3. The molecule has 1 aliphatic rings. The topological polar surface area (TPSA) is 56.7 Å². The molecule has 0 aliphatic heterocycles. The zero-order valence-electron chi connectivity index (χ0n) is 15.0. The van der Waals surface area contributed by atoms with E-state index in [0.29, 0.717) is 12.0 Å². The Bertz CT molecular complexity index is 312. The number of guanidine groups is 1. The number of thioether (sulfide) groups is 1. The number of nitrogens with one attached hydrogen (secondary N) is 2. The summed E-state index contributed by atoms with van der Waals surface area (Å²) in [6.45, 7) is 6.27. The van der Waals surface area contributed by atoms with Crippen molar-refractivity contribution < 1.29 is 5.11 Å². The van der Waals surface area contributed by atoms with Crippen LogP contribution >= 0.6 is 35.7 Å². The van der Waals surface area contributed by atoms with Crippen molar-refractivity contribution >= 4 is 41.7 Å². The third-order valence-corrected chi connectivity index (χ3v) is 5.48. The molecule has 0 heterocycles. The van der Waals surface area contributed by atoms with Gasteiger partial charge in [0, 0.05) is 31.0 Å². The minimum atomic E-state index is 0. The van der Waals surface area contributed by atoms with Crippen LogP contribution in [0.3, 0.4) is 0 Å². The van der Waals surface area contributed by atoms with Crippen molar-refractivity contribution in [2.75, 3.05) is 26.0 Å². The van der Waals surface area contributed by atoms with E-state index in [2.05, 4.69) is 30.7 Å². The number of rotatable bonds is 9. The average molecular weight is 457 g/mol. The first-order valence-electron chi connectivity index (χ1n) is 8.91. The Hall–Kier alpha value is 0.310. The van der Waals surface area contributed by atoms with Crippen molar-refractivity contribution in [1.29, 1.82) is 0 Å². The Morgan fingerprint density at radius 1 is 1.30 bits per heavy atom. The lowest BCUT2D eigenvalue weighted by Gasteiger charge is -2.30. The first-order valence-corrected chi connectivity index (χ1v) is 10.2. The van der Waals surface area contributed by atoms with Gasteiger partial charge in [-0.05, 0) is 51.2 Å². The highest BCUT2D eigenvalue weighted by Crippen LogP contribution is 2.26. The maximum atomic E-state index is 9.17. The molecule has 0 aromatic rings. The normalized spacial score (nSPS) is 23.0. The Kier molecular flexibility index (Phi) is 14.8. The fourth-order valence-corrected chi connectivity index (χ4v) is 3.97. The summed E-state index contributed by atoms with van der Waals surface area (Å²) in [5.74, 6) is 1.45. The summed E-state index contributed by atoms with van der Waals surface area (Å²) in [6.07, 6.45) is 10.5. The Labute approximate surface area is 164 Å². The third kappa shape index (κ3) is 10.0. The molecular formula is C17H36IN3OS. The maximum Gasteiger partial charge on any atom is 0.191 e. The average Bonchev–Trinajstić information content (AvgIpc) is 2.53. The standard InChI is InChI=1S/C17H35N3OS.HI/c1-4-7-14(10-11-21)13-19-17(18-5-2)20-15-8-6-9-16(12-15)22-3;/h14-16,21H,4-13H2,1-3H3,(H2,18,19,20);1H. The fourth-order valence-electron chi connectivity index (χ4n) is 3.14. The van der Waals surface area contributed by atoms with Gasteiger partial charge in [-0.25, -0.2) is 0 Å². The summed E-state index contributed by atoms with van der Waals surface area (Å²) in [4.78, 5) is 4.77. The highest BCUT2D eigenvalue weighted by Gasteiger charge is 2.22. The molecule has 0 spiro atoms. The van der Waals surface area contributed by atoms with Crippen LogP contribution in [-0.4, -0.2) is 48.3 Å². The van der Waals surface area contributed by atoms with Gasteiger partial charge in [0.2, 0.25) is 0 Å². The van der Waals surface area contributed by atoms with E-state index in [0.717, 1.165) is 43.6 Å². The molecule has 1 saturated carbocycles. The summed E-state index contributed by atoms with van der Waals surface area (Å²) in [6, 6.07) is 0.548. The van der Waals surface area contributed by atoms with Crippen LogP contribution in [0.15, 0.2) is 4.99 Å². The lowest BCUT2D eigenvalue weighted by molar-refractivity contribution is 0.253. The molecule has 23 heavy (non-hydrogen) atoms. The maximum absolute atomic E-state index is 9.17. The minimum Gasteiger partial charge on any atom is -0.396 e. The molecule has 1 rings (SSSR count). The van der Waals surface area contributed by atoms with E-state index in [1.165, 1.54) is 25.7 Å². The van der Waals surface area contributed by atoms with Crippen LogP contribution in [0.5, 0.6) is 0 Å². The number of hydrogen-bond acceptors (Lipinski definition) is 3. The molecular weight excluding hydrogens is 421 g/mol. The van der Waals surface area contributed by atoms with Gasteiger partial charge in [0.1, 0.15) is 0 Å². The lowest BCUT2D eigenvalue weighted by atomic mass is 9.95. The molecule has 3 atom stereocenters. The summed E-state index contributed by atoms with van der Waals surface area (Å²) < 4.78 is 0. The smallest absolute Gasteiger partial charge is 0.191 e. The van der Waals surface area contributed by atoms with Crippen LogP contribution in [0.2, 0.25) is 0 Å². The zero-order chi connectivity index (χ0) is 16.2. The van der Waals surface area contributed by atoms with Crippen molar-refractivity contribution in [3.8, 4) is 0 Å². The van der Waals surface area contributed by atoms with E-state index in [-0.39, 0.29) is 30.6 Å². The first-order chi connectivity index (χ1) is 10.7. The van der Waals surface area contributed by atoms with Crippen molar-refractivity contribution in [3.63, 3.8) is 0 Å². The quantitative estimate of drug-likeness (QED) is 0.281. The Balaban J connectivity index is 0.00000484. The van der Waals surface area contributed by atoms with Crippen molar-refractivity contribution in [1.82, 2.24) is 10.6 Å². The van der Waals surface area contributed by atoms with E-state index in [1.54, 1.807) is 0 Å². The predicted octanol–water partition coefficient (Wildman–Crippen LogP) is 3.63. The molecule has 1 fully saturated rings. The van der Waals surface area contributed by atoms with E-state index in [1.807, 2.05) is 11.8 Å². The van der Waals surface area contributed by atoms with Crippen LogP contribution < -0.4 is 10.6 Å². The molecule has 4 nitrogen and oxygen atoms in total. The van der Waals surface area contributed by atoms with Crippen LogP contribution in [0.25, 0.3) is 0 Å². The molecule has 0 saturated heterocycles. The van der Waals surface area contributed by atoms with Crippen molar-refractivity contribution in [2.24, 2.45) is 10.9 Å². The molecule has 0 bridgehead atoms. The van der Waals surface area contributed by atoms with Crippen LogP contribution in [0, 0.1) is 5.92 Å². The van der Waals surface area contributed by atoms with Gasteiger partial charge in [-0.15, -0.1) is 24.0 Å². The third-order valence-electron chi connectivity index (χ3n) is 4.39. The molecule has 0 amide bonds. The molecule has 0 radical (unpaired) electrons. The molecule has 3 unspecified atom stereocenters. The molecule has 0 aromatic carbocycles. The van der Waals surface area contributed by atoms with Crippen molar-refractivity contribution in [2.45, 2.75) is 70.1 Å². The van der Waals surface area contributed by atoms with Gasteiger partial charge >= 0.3 is 0 Å². The van der Waals surface area contributed by atoms with Crippen molar-refractivity contribution in [3.05, 3.63) is 0 Å². The van der Waals surface area contributed by atoms with Gasteiger partial charge in [0.25, 0.3) is 0 Å². The largest absolute Gasteiger partial charge is 0.396 e. The second-order valence-corrected chi connectivity index (χ2v) is 7.39. The van der Waals surface area contributed by atoms with Gasteiger partial charge in [-0.2, -0.15) is 11.8 Å². The second-order valence-electron chi connectivity index (χ2n) is 6.25. The number of nitrogens with zero attached hydrogens (tertiary/aromatic N) is 1. The fraction of sp³-hybridized carbons (Fsp3) is 0.941. The highest BCUT2D eigenvalue weighted by molar-refractivity contribution is 14.0. The SMILES string of the molecule is CCCC(CCO)CN=C(NCC)NC1CCCC(SC)C1.I. The van der Waals surface area contributed by atoms with Gasteiger partial charge in [-0.1, -0.05) is 19.8 Å². The molecule has 6 heteroatoms. The highest BCUT2D eigenvalue weighted by atomic mass is 127. The molecule has 1 aliphatic carbocycles. The Morgan fingerprint density at radius 2 is 2.09 bits per heavy atom. The van der Waals surface area contributed by atoms with Gasteiger partial charge < -0.3 is 15.7 Å². The minimum absolute atomic E-state index is 0. The Morgan fingerprint density at radius 3 is 2.70 bits per heavy atom. The van der Waals surface area contributed by atoms with Gasteiger partial charge in [0.15, 0.2) is 5.96 Å². The zero-order valence-corrected chi connectivity index (χ0v) is 18.2. The van der Waals surface area contributed by atoms with E-state index >= 15 is 0 Å². The summed E-state index contributed by atoms with van der Waals surface area (Å²) in [5.41, 5.74) is 0. The monoisotopic (exact) mass is 457 g/mol. The van der Waals surface area contributed by atoms with Gasteiger partial charge in [-0.3, -0.25) is 4.99 Å². The number of aliphatic hydroxyl groups is 1. The number of aliphatic hydroxyl groups excluding tert-OH is 1.